The van der Waals surface area contributed by atoms with Crippen molar-refractivity contribution in [3.05, 3.63) is 42.0 Å². The molecule has 3 N–H and O–H groups in total. The third-order valence-electron chi connectivity index (χ3n) is 3.06. The van der Waals surface area contributed by atoms with Crippen LogP contribution < -0.4 is 10.6 Å². The molecule has 0 amide bonds. The molecule has 0 unspecified atom stereocenters. The van der Waals surface area contributed by atoms with Crippen LogP contribution in [0.4, 0.5) is 5.69 Å². The summed E-state index contributed by atoms with van der Waals surface area (Å²) in [5.74, 6) is 0.987. The highest BCUT2D eigenvalue weighted by molar-refractivity contribution is 5.97. The van der Waals surface area contributed by atoms with Crippen LogP contribution in [-0.4, -0.2) is 32.9 Å². The molecule has 7 nitrogen and oxygen atoms in total. The minimum atomic E-state index is 0.0944. The summed E-state index contributed by atoms with van der Waals surface area (Å²) in [6.45, 7) is 3.44. The second-order valence-electron chi connectivity index (χ2n) is 4.38. The third-order valence-corrected chi connectivity index (χ3v) is 3.06. The number of nitrogens with zero attached hydrogens (tertiary/aromatic N) is 5. The number of aromatic nitrogens is 3. The average Bonchev–Trinajstić information content (AvgIpc) is 2.93. The molecule has 1 aromatic carbocycles. The molecule has 7 heteroatoms. The molecule has 2 aromatic rings. The van der Waals surface area contributed by atoms with E-state index in [-0.39, 0.29) is 5.84 Å². The molecule has 0 saturated carbocycles. The van der Waals surface area contributed by atoms with E-state index in [9.17, 15) is 0 Å². The van der Waals surface area contributed by atoms with Gasteiger partial charge < -0.3 is 15.8 Å². The van der Waals surface area contributed by atoms with Crippen LogP contribution in [0.15, 0.2) is 35.7 Å². The summed E-state index contributed by atoms with van der Waals surface area (Å²) in [5, 5.41) is 15.9. The predicted molar refractivity (Wildman–Crippen MR) is 76.8 cm³/mol. The Morgan fingerprint density at radius 1 is 1.50 bits per heavy atom. The molecule has 0 bridgehead atoms. The maximum atomic E-state index is 8.72. The van der Waals surface area contributed by atoms with Crippen molar-refractivity contribution in [1.29, 1.82) is 0 Å². The molecule has 20 heavy (non-hydrogen) atoms. The van der Waals surface area contributed by atoms with Gasteiger partial charge in [-0.25, -0.2) is 9.67 Å². The highest BCUT2D eigenvalue weighted by atomic mass is 16.4. The van der Waals surface area contributed by atoms with Crippen molar-refractivity contribution in [1.82, 2.24) is 14.8 Å². The lowest BCUT2D eigenvalue weighted by Gasteiger charge is -2.19. The van der Waals surface area contributed by atoms with Crippen molar-refractivity contribution in [3.8, 4) is 0 Å². The second-order valence-corrected chi connectivity index (χ2v) is 4.38. The lowest BCUT2D eigenvalue weighted by atomic mass is 10.2. The minimum Gasteiger partial charge on any atom is -0.409 e. The fourth-order valence-corrected chi connectivity index (χ4v) is 1.94. The van der Waals surface area contributed by atoms with E-state index >= 15 is 0 Å². The highest BCUT2D eigenvalue weighted by Crippen LogP contribution is 2.16. The summed E-state index contributed by atoms with van der Waals surface area (Å²) < 4.78 is 1.85. The number of oxime groups is 1. The average molecular weight is 274 g/mol. The predicted octanol–water partition coefficient (Wildman–Crippen LogP) is 1.03. The number of hydrogen-bond donors (Lipinski definition) is 2. The van der Waals surface area contributed by atoms with E-state index in [2.05, 4.69) is 15.2 Å². The zero-order valence-corrected chi connectivity index (χ0v) is 11.6. The molecule has 0 aliphatic carbocycles. The van der Waals surface area contributed by atoms with Crippen molar-refractivity contribution in [3.63, 3.8) is 0 Å². The van der Waals surface area contributed by atoms with E-state index in [1.165, 1.54) is 0 Å². The van der Waals surface area contributed by atoms with Gasteiger partial charge in [-0.1, -0.05) is 17.3 Å². The Morgan fingerprint density at radius 2 is 2.30 bits per heavy atom. The van der Waals surface area contributed by atoms with Gasteiger partial charge in [-0.3, -0.25) is 0 Å². The Balaban J connectivity index is 2.19. The van der Waals surface area contributed by atoms with Crippen molar-refractivity contribution in [2.75, 3.05) is 11.9 Å². The first kappa shape index (κ1) is 13.9. The number of amidine groups is 1. The number of benzene rings is 1. The maximum Gasteiger partial charge on any atom is 0.170 e. The van der Waals surface area contributed by atoms with Crippen LogP contribution >= 0.6 is 0 Å². The maximum absolute atomic E-state index is 8.72. The molecule has 0 saturated heterocycles. The van der Waals surface area contributed by atoms with Crippen LogP contribution in [0.25, 0.3) is 0 Å². The lowest BCUT2D eigenvalue weighted by Crippen LogP contribution is -2.21. The van der Waals surface area contributed by atoms with Gasteiger partial charge >= 0.3 is 0 Å². The first-order valence-corrected chi connectivity index (χ1v) is 6.31. The number of anilines is 1. The second kappa shape index (κ2) is 6.05. The molecular weight excluding hydrogens is 256 g/mol. The van der Waals surface area contributed by atoms with Gasteiger partial charge in [0.25, 0.3) is 0 Å². The van der Waals surface area contributed by atoms with Crippen molar-refractivity contribution >= 4 is 11.5 Å². The van der Waals surface area contributed by atoms with E-state index in [0.29, 0.717) is 12.1 Å². The van der Waals surface area contributed by atoms with Gasteiger partial charge in [0, 0.05) is 24.8 Å². The first-order chi connectivity index (χ1) is 9.65. The molecule has 0 radical (unpaired) electrons. The highest BCUT2D eigenvalue weighted by Gasteiger charge is 2.09. The standard InChI is InChI=1S/C13H18N6O/c1-3-19-12(15-9-16-19)8-18(2)11-6-4-5-10(7-11)13(14)17-20/h4-7,9,20H,3,8H2,1-2H3,(H2,14,17). The Kier molecular flexibility index (Phi) is 4.19. The summed E-state index contributed by atoms with van der Waals surface area (Å²) in [4.78, 5) is 6.28. The zero-order chi connectivity index (χ0) is 14.5. The van der Waals surface area contributed by atoms with Crippen LogP contribution in [0, 0.1) is 0 Å². The third kappa shape index (κ3) is 2.87. The van der Waals surface area contributed by atoms with Crippen molar-refractivity contribution < 1.29 is 5.21 Å². The Labute approximate surface area is 117 Å². The number of rotatable bonds is 5. The van der Waals surface area contributed by atoms with Gasteiger partial charge in [-0.2, -0.15) is 5.10 Å². The molecule has 0 atom stereocenters. The van der Waals surface area contributed by atoms with Gasteiger partial charge in [0.2, 0.25) is 0 Å². The van der Waals surface area contributed by atoms with Crippen LogP contribution in [-0.2, 0) is 13.1 Å². The Bertz CT molecular complexity index is 606. The monoisotopic (exact) mass is 274 g/mol. The van der Waals surface area contributed by atoms with Gasteiger partial charge in [0.15, 0.2) is 5.84 Å². The van der Waals surface area contributed by atoms with Gasteiger partial charge in [-0.05, 0) is 19.1 Å². The Morgan fingerprint density at radius 3 is 3.00 bits per heavy atom. The van der Waals surface area contributed by atoms with Crippen LogP contribution in [0.2, 0.25) is 0 Å². The summed E-state index contributed by atoms with van der Waals surface area (Å²) in [6.07, 6.45) is 1.56. The summed E-state index contributed by atoms with van der Waals surface area (Å²) >= 11 is 0. The van der Waals surface area contributed by atoms with Gasteiger partial charge in [0.1, 0.15) is 12.2 Å². The fourth-order valence-electron chi connectivity index (χ4n) is 1.94. The van der Waals surface area contributed by atoms with Crippen LogP contribution in [0.1, 0.15) is 18.3 Å². The van der Waals surface area contributed by atoms with Gasteiger partial charge in [0.05, 0.1) is 6.54 Å². The number of hydrogen-bond acceptors (Lipinski definition) is 5. The summed E-state index contributed by atoms with van der Waals surface area (Å²) in [7, 11) is 1.96. The normalized spacial score (nSPS) is 11.6. The van der Waals surface area contributed by atoms with E-state index in [1.54, 1.807) is 12.4 Å². The molecule has 1 aromatic heterocycles. The number of aryl methyl sites for hydroxylation is 1. The smallest absolute Gasteiger partial charge is 0.170 e. The molecule has 1 heterocycles. The van der Waals surface area contributed by atoms with Crippen molar-refractivity contribution in [2.45, 2.75) is 20.0 Å². The molecular formula is C13H18N6O. The zero-order valence-electron chi connectivity index (χ0n) is 11.6. The summed E-state index contributed by atoms with van der Waals surface area (Å²) in [5.41, 5.74) is 7.23. The molecule has 2 rings (SSSR count). The number of nitrogens with two attached hydrogens (primary N) is 1. The molecule has 0 fully saturated rings. The minimum absolute atomic E-state index is 0.0944. The van der Waals surface area contributed by atoms with E-state index < -0.39 is 0 Å². The molecule has 0 aliphatic rings. The molecule has 0 aliphatic heterocycles. The van der Waals surface area contributed by atoms with E-state index in [1.807, 2.05) is 41.8 Å². The molecule has 0 spiro atoms. The topological polar surface area (TPSA) is 92.6 Å². The first-order valence-electron chi connectivity index (χ1n) is 6.31. The lowest BCUT2D eigenvalue weighted by molar-refractivity contribution is 0.318. The van der Waals surface area contributed by atoms with E-state index in [0.717, 1.165) is 18.1 Å². The SMILES string of the molecule is CCn1ncnc1CN(C)c1cccc(C(N)=NO)c1. The largest absolute Gasteiger partial charge is 0.409 e. The summed E-state index contributed by atoms with van der Waals surface area (Å²) in [6, 6.07) is 7.48. The van der Waals surface area contributed by atoms with Gasteiger partial charge in [-0.15, -0.1) is 0 Å². The fraction of sp³-hybridized carbons (Fsp3) is 0.308. The quantitative estimate of drug-likeness (QED) is 0.367. The Hall–Kier alpha value is -2.57. The molecule has 106 valence electrons. The van der Waals surface area contributed by atoms with E-state index in [4.69, 9.17) is 10.9 Å². The van der Waals surface area contributed by atoms with Crippen molar-refractivity contribution in [2.24, 2.45) is 10.9 Å². The van der Waals surface area contributed by atoms with Crippen LogP contribution in [0.3, 0.4) is 0 Å². The van der Waals surface area contributed by atoms with Crippen LogP contribution in [0.5, 0.6) is 0 Å².